The van der Waals surface area contributed by atoms with Crippen molar-refractivity contribution in [1.29, 1.82) is 0 Å². The number of rotatable bonds is 2. The Hall–Kier alpha value is -1.19. The summed E-state index contributed by atoms with van der Waals surface area (Å²) in [6.45, 7) is 4.27. The fraction of sp³-hybridized carbons (Fsp3) is 0.357. The number of likely N-dealkylation sites (tertiary alicyclic amines) is 1. The highest BCUT2D eigenvalue weighted by Crippen LogP contribution is 2.24. The Morgan fingerprint density at radius 2 is 2.28 bits per heavy atom. The highest BCUT2D eigenvalue weighted by molar-refractivity contribution is 6.32. The Morgan fingerprint density at radius 1 is 1.50 bits per heavy atom. The first-order chi connectivity index (χ1) is 8.61. The van der Waals surface area contributed by atoms with Crippen molar-refractivity contribution in [3.8, 4) is 0 Å². The Bertz CT molecular complexity index is 478. The molecule has 0 N–H and O–H groups in total. The minimum atomic E-state index is -0.392. The molecule has 1 aliphatic rings. The smallest absolute Gasteiger partial charge is 0.161 e. The molecule has 2 nitrogen and oxygen atoms in total. The molecule has 0 atom stereocenters. The van der Waals surface area contributed by atoms with E-state index in [9.17, 15) is 9.18 Å². The fourth-order valence-electron chi connectivity index (χ4n) is 2.05. The van der Waals surface area contributed by atoms with Crippen molar-refractivity contribution in [2.45, 2.75) is 13.3 Å². The maximum Gasteiger partial charge on any atom is 0.161 e. The lowest BCUT2D eigenvalue weighted by Gasteiger charge is -2.26. The zero-order chi connectivity index (χ0) is 13.1. The number of likely N-dealkylation sites (N-methyl/N-ethyl adjacent to an activating group) is 1. The predicted octanol–water partition coefficient (Wildman–Crippen LogP) is 3.16. The molecule has 1 saturated heterocycles. The summed E-state index contributed by atoms with van der Waals surface area (Å²) in [6.07, 6.45) is 2.08. The summed E-state index contributed by atoms with van der Waals surface area (Å²) in [6, 6.07) is 4.53. The van der Waals surface area contributed by atoms with Crippen LogP contribution in [-0.2, 0) is 4.79 Å². The largest absolute Gasteiger partial charge is 0.299 e. The van der Waals surface area contributed by atoms with Gasteiger partial charge in [-0.2, -0.15) is 0 Å². The van der Waals surface area contributed by atoms with Gasteiger partial charge in [0, 0.05) is 30.6 Å². The van der Waals surface area contributed by atoms with E-state index >= 15 is 0 Å². The standard InChI is InChI=1S/C14H15ClFNO/c1-2-17-7-6-14(18)10(9-17)8-11-12(15)4-3-5-13(11)16/h3-5,8H,2,6-7,9H2,1H3/b10-8+. The van der Waals surface area contributed by atoms with Crippen molar-refractivity contribution < 1.29 is 9.18 Å². The molecule has 0 amide bonds. The second kappa shape index (κ2) is 5.63. The van der Waals surface area contributed by atoms with Crippen molar-refractivity contribution in [3.05, 3.63) is 40.2 Å². The number of benzene rings is 1. The van der Waals surface area contributed by atoms with Gasteiger partial charge < -0.3 is 0 Å². The van der Waals surface area contributed by atoms with Gasteiger partial charge in [-0.15, -0.1) is 0 Å². The van der Waals surface area contributed by atoms with Gasteiger partial charge in [0.1, 0.15) is 5.82 Å². The van der Waals surface area contributed by atoms with Gasteiger partial charge in [-0.05, 0) is 24.8 Å². The van der Waals surface area contributed by atoms with Crippen LogP contribution in [0.1, 0.15) is 18.9 Å². The minimum Gasteiger partial charge on any atom is -0.299 e. The van der Waals surface area contributed by atoms with E-state index in [-0.39, 0.29) is 5.78 Å². The van der Waals surface area contributed by atoms with Crippen LogP contribution in [-0.4, -0.2) is 30.3 Å². The van der Waals surface area contributed by atoms with Gasteiger partial charge in [-0.3, -0.25) is 9.69 Å². The number of carbonyl (C=O) groups excluding carboxylic acids is 1. The Kier molecular flexibility index (Phi) is 4.15. The molecule has 1 aliphatic heterocycles. The quantitative estimate of drug-likeness (QED) is 0.767. The number of carbonyl (C=O) groups is 1. The maximum absolute atomic E-state index is 13.7. The molecule has 1 aromatic carbocycles. The van der Waals surface area contributed by atoms with E-state index in [0.717, 1.165) is 13.1 Å². The number of piperidine rings is 1. The van der Waals surface area contributed by atoms with E-state index in [1.54, 1.807) is 18.2 Å². The molecular formula is C14H15ClFNO. The van der Waals surface area contributed by atoms with E-state index in [1.165, 1.54) is 6.07 Å². The number of hydrogen-bond donors (Lipinski definition) is 0. The number of ketones is 1. The van der Waals surface area contributed by atoms with Gasteiger partial charge in [0.05, 0.1) is 5.02 Å². The van der Waals surface area contributed by atoms with Crippen molar-refractivity contribution in [3.63, 3.8) is 0 Å². The van der Waals surface area contributed by atoms with Gasteiger partial charge in [-0.25, -0.2) is 4.39 Å². The van der Waals surface area contributed by atoms with Gasteiger partial charge in [-0.1, -0.05) is 24.6 Å². The lowest BCUT2D eigenvalue weighted by molar-refractivity contribution is -0.117. The second-order valence-corrected chi connectivity index (χ2v) is 4.75. The number of nitrogens with zero attached hydrogens (tertiary/aromatic N) is 1. The molecule has 0 radical (unpaired) electrons. The van der Waals surface area contributed by atoms with Gasteiger partial charge in [0.2, 0.25) is 0 Å². The summed E-state index contributed by atoms with van der Waals surface area (Å²) in [7, 11) is 0. The highest BCUT2D eigenvalue weighted by Gasteiger charge is 2.20. The molecule has 1 heterocycles. The Labute approximate surface area is 111 Å². The zero-order valence-electron chi connectivity index (χ0n) is 10.2. The molecule has 0 bridgehead atoms. The van der Waals surface area contributed by atoms with Crippen LogP contribution in [0.2, 0.25) is 5.02 Å². The normalized spacial score (nSPS) is 19.5. The zero-order valence-corrected chi connectivity index (χ0v) is 11.0. The van der Waals surface area contributed by atoms with E-state index in [0.29, 0.717) is 29.1 Å². The minimum absolute atomic E-state index is 0.0824. The van der Waals surface area contributed by atoms with E-state index < -0.39 is 5.82 Å². The van der Waals surface area contributed by atoms with Gasteiger partial charge >= 0.3 is 0 Å². The molecule has 0 spiro atoms. The molecule has 96 valence electrons. The van der Waals surface area contributed by atoms with Crippen LogP contribution in [0.25, 0.3) is 6.08 Å². The third-order valence-corrected chi connectivity index (χ3v) is 3.50. The third-order valence-electron chi connectivity index (χ3n) is 3.17. The molecule has 2 rings (SSSR count). The average Bonchev–Trinajstić information content (AvgIpc) is 2.36. The van der Waals surface area contributed by atoms with Crippen LogP contribution < -0.4 is 0 Å². The topological polar surface area (TPSA) is 20.3 Å². The molecule has 0 aliphatic carbocycles. The van der Waals surface area contributed by atoms with Crippen LogP contribution in [0.5, 0.6) is 0 Å². The molecule has 0 aromatic heterocycles. The van der Waals surface area contributed by atoms with E-state index in [4.69, 9.17) is 11.6 Å². The molecule has 1 aromatic rings. The van der Waals surface area contributed by atoms with Crippen LogP contribution in [0.4, 0.5) is 4.39 Å². The molecule has 0 unspecified atom stereocenters. The van der Waals surface area contributed by atoms with Crippen molar-refractivity contribution in [1.82, 2.24) is 4.90 Å². The molecule has 18 heavy (non-hydrogen) atoms. The summed E-state index contributed by atoms with van der Waals surface area (Å²) in [5.74, 6) is -0.310. The lowest BCUT2D eigenvalue weighted by Crippen LogP contribution is -2.35. The average molecular weight is 268 g/mol. The molecular weight excluding hydrogens is 253 g/mol. The Balaban J connectivity index is 2.34. The SMILES string of the molecule is CCN1CCC(=O)/C(=C/c2c(F)cccc2Cl)C1. The molecule has 0 saturated carbocycles. The first-order valence-corrected chi connectivity index (χ1v) is 6.39. The first kappa shape index (κ1) is 13.2. The number of hydrogen-bond acceptors (Lipinski definition) is 2. The first-order valence-electron chi connectivity index (χ1n) is 6.02. The monoisotopic (exact) mass is 267 g/mol. The Morgan fingerprint density at radius 3 is 2.94 bits per heavy atom. The van der Waals surface area contributed by atoms with Crippen molar-refractivity contribution >= 4 is 23.5 Å². The summed E-state index contributed by atoms with van der Waals surface area (Å²) < 4.78 is 13.7. The summed E-state index contributed by atoms with van der Waals surface area (Å²) >= 11 is 5.96. The number of halogens is 2. The van der Waals surface area contributed by atoms with Crippen LogP contribution in [0, 0.1) is 5.82 Å². The lowest BCUT2D eigenvalue weighted by atomic mass is 10.00. The van der Waals surface area contributed by atoms with Crippen LogP contribution in [0.15, 0.2) is 23.8 Å². The summed E-state index contributed by atoms with van der Waals surface area (Å²) in [5, 5.41) is 0.337. The predicted molar refractivity (Wildman–Crippen MR) is 71.1 cm³/mol. The highest BCUT2D eigenvalue weighted by atomic mass is 35.5. The van der Waals surface area contributed by atoms with Gasteiger partial charge in [0.25, 0.3) is 0 Å². The molecule has 4 heteroatoms. The second-order valence-electron chi connectivity index (χ2n) is 4.35. The fourth-order valence-corrected chi connectivity index (χ4v) is 2.26. The van der Waals surface area contributed by atoms with Gasteiger partial charge in [0.15, 0.2) is 5.78 Å². The van der Waals surface area contributed by atoms with E-state index in [1.807, 2.05) is 6.92 Å². The summed E-state index contributed by atoms with van der Waals surface area (Å²) in [4.78, 5) is 14.0. The third kappa shape index (κ3) is 2.79. The maximum atomic E-state index is 13.7. The number of Topliss-reactive ketones (excluding diaryl/α,β-unsaturated/α-hetero) is 1. The summed E-state index contributed by atoms with van der Waals surface area (Å²) in [5.41, 5.74) is 0.940. The van der Waals surface area contributed by atoms with Crippen molar-refractivity contribution in [2.24, 2.45) is 0 Å². The van der Waals surface area contributed by atoms with Crippen LogP contribution in [0.3, 0.4) is 0 Å². The molecule has 1 fully saturated rings. The van der Waals surface area contributed by atoms with E-state index in [2.05, 4.69) is 4.90 Å². The van der Waals surface area contributed by atoms with Crippen LogP contribution >= 0.6 is 11.6 Å². The van der Waals surface area contributed by atoms with Crippen molar-refractivity contribution in [2.75, 3.05) is 19.6 Å².